The Bertz CT molecular complexity index is 1400. The number of rotatable bonds is 5. The van der Waals surface area contributed by atoms with E-state index < -0.39 is 0 Å². The first-order valence-corrected chi connectivity index (χ1v) is 11.2. The van der Waals surface area contributed by atoms with Crippen molar-refractivity contribution in [2.45, 2.75) is 13.0 Å². The second-order valence-corrected chi connectivity index (χ2v) is 8.35. The highest BCUT2D eigenvalue weighted by atomic mass is 16.7. The molecule has 0 saturated carbocycles. The van der Waals surface area contributed by atoms with E-state index in [1.165, 1.54) is 5.56 Å². The van der Waals surface area contributed by atoms with Gasteiger partial charge in [-0.3, -0.25) is 4.79 Å². The zero-order chi connectivity index (χ0) is 23.1. The Morgan fingerprint density at radius 1 is 1.03 bits per heavy atom. The van der Waals surface area contributed by atoms with E-state index in [1.807, 2.05) is 60.7 Å². The lowest BCUT2D eigenvalue weighted by atomic mass is 10.1. The number of ether oxygens (including phenoxy) is 3. The Labute approximate surface area is 196 Å². The number of amides is 1. The first-order valence-electron chi connectivity index (χ1n) is 11.2. The Hall–Kier alpha value is -4.26. The number of hydrogen-bond acceptors (Lipinski definition) is 6. The zero-order valence-corrected chi connectivity index (χ0v) is 18.7. The number of carbonyl (C=O) groups is 1. The highest BCUT2D eigenvalue weighted by molar-refractivity contribution is 5.94. The van der Waals surface area contributed by atoms with Crippen LogP contribution in [0.2, 0.25) is 0 Å². The van der Waals surface area contributed by atoms with Crippen LogP contribution in [0.15, 0.2) is 66.7 Å². The molecule has 7 heteroatoms. The third-order valence-corrected chi connectivity index (χ3v) is 6.27. The summed E-state index contributed by atoms with van der Waals surface area (Å²) < 4.78 is 16.1. The van der Waals surface area contributed by atoms with Crippen molar-refractivity contribution in [2.24, 2.45) is 0 Å². The number of nitrogens with one attached hydrogen (secondary N) is 1. The molecular formula is C27H23N3O4. The van der Waals surface area contributed by atoms with Gasteiger partial charge in [-0.2, -0.15) is 0 Å². The molecule has 0 atom stereocenters. The second-order valence-electron chi connectivity index (χ2n) is 8.35. The standard InChI is InChI=1S/C27H23N3O4/c1-32-22-8-5-19-13-20-10-11-30(26(20)29-23(19)14-22)21-6-3-18(4-7-21)27(31)28-15-17-2-9-24-25(12-17)34-16-33-24/h2-9,12-14H,10-11,15-16H2,1H3,(H,28,31). The topological polar surface area (TPSA) is 72.9 Å². The van der Waals surface area contributed by atoms with E-state index in [0.717, 1.165) is 52.4 Å². The number of fused-ring (bicyclic) bond motifs is 3. The number of nitrogens with zero attached hydrogens (tertiary/aromatic N) is 2. The summed E-state index contributed by atoms with van der Waals surface area (Å²) in [6.07, 6.45) is 0.933. The lowest BCUT2D eigenvalue weighted by Gasteiger charge is -2.19. The van der Waals surface area contributed by atoms with Gasteiger partial charge in [0.15, 0.2) is 11.5 Å². The van der Waals surface area contributed by atoms with E-state index in [1.54, 1.807) is 7.11 Å². The number of hydrogen-bond donors (Lipinski definition) is 1. The van der Waals surface area contributed by atoms with Gasteiger partial charge in [0.25, 0.3) is 5.91 Å². The van der Waals surface area contributed by atoms with Crippen LogP contribution in [0.25, 0.3) is 10.9 Å². The molecule has 2 aliphatic rings. The fourth-order valence-electron chi connectivity index (χ4n) is 4.44. The normalized spacial score (nSPS) is 13.7. The molecule has 6 rings (SSSR count). The van der Waals surface area contributed by atoms with E-state index in [9.17, 15) is 4.79 Å². The van der Waals surface area contributed by atoms with E-state index in [-0.39, 0.29) is 12.7 Å². The molecule has 1 aromatic heterocycles. The van der Waals surface area contributed by atoms with Crippen LogP contribution in [-0.2, 0) is 13.0 Å². The van der Waals surface area contributed by atoms with Crippen LogP contribution in [-0.4, -0.2) is 31.3 Å². The highest BCUT2D eigenvalue weighted by Gasteiger charge is 2.23. The lowest BCUT2D eigenvalue weighted by molar-refractivity contribution is 0.0951. The van der Waals surface area contributed by atoms with Crippen LogP contribution in [0.4, 0.5) is 11.5 Å². The number of carbonyl (C=O) groups excluding carboxylic acids is 1. The van der Waals surface area contributed by atoms with Crippen molar-refractivity contribution in [3.05, 3.63) is 83.4 Å². The summed E-state index contributed by atoms with van der Waals surface area (Å²) >= 11 is 0. The third-order valence-electron chi connectivity index (χ3n) is 6.27. The Balaban J connectivity index is 1.17. The van der Waals surface area contributed by atoms with Crippen LogP contribution in [0, 0.1) is 0 Å². The summed E-state index contributed by atoms with van der Waals surface area (Å²) in [6.45, 7) is 1.50. The first-order chi connectivity index (χ1) is 16.7. The van der Waals surface area contributed by atoms with E-state index >= 15 is 0 Å². The van der Waals surface area contributed by atoms with Crippen molar-refractivity contribution in [1.82, 2.24) is 10.3 Å². The van der Waals surface area contributed by atoms with Gasteiger partial charge < -0.3 is 24.4 Å². The van der Waals surface area contributed by atoms with Crippen LogP contribution >= 0.6 is 0 Å². The predicted molar refractivity (Wildman–Crippen MR) is 129 cm³/mol. The molecule has 170 valence electrons. The van der Waals surface area contributed by atoms with Gasteiger partial charge >= 0.3 is 0 Å². The van der Waals surface area contributed by atoms with Gasteiger partial charge in [0, 0.05) is 35.8 Å². The molecule has 3 heterocycles. The molecule has 3 aromatic carbocycles. The van der Waals surface area contributed by atoms with Crippen molar-refractivity contribution < 1.29 is 19.0 Å². The number of aromatic nitrogens is 1. The molecule has 0 bridgehead atoms. The minimum absolute atomic E-state index is 0.123. The molecule has 0 radical (unpaired) electrons. The molecule has 1 N–H and O–H groups in total. The molecule has 2 aliphatic heterocycles. The summed E-state index contributed by atoms with van der Waals surface area (Å²) in [5.74, 6) is 3.07. The van der Waals surface area contributed by atoms with E-state index in [2.05, 4.69) is 16.3 Å². The summed E-state index contributed by atoms with van der Waals surface area (Å²) in [7, 11) is 1.66. The van der Waals surface area contributed by atoms with Crippen molar-refractivity contribution >= 4 is 28.3 Å². The minimum Gasteiger partial charge on any atom is -0.497 e. The molecule has 4 aromatic rings. The lowest BCUT2D eigenvalue weighted by Crippen LogP contribution is -2.23. The maximum absolute atomic E-state index is 12.7. The van der Waals surface area contributed by atoms with Gasteiger partial charge in [0.05, 0.1) is 12.6 Å². The Kier molecular flexibility index (Phi) is 4.95. The maximum atomic E-state index is 12.7. The molecule has 0 saturated heterocycles. The Morgan fingerprint density at radius 2 is 1.88 bits per heavy atom. The van der Waals surface area contributed by atoms with Crippen LogP contribution in [0.1, 0.15) is 21.5 Å². The monoisotopic (exact) mass is 453 g/mol. The molecule has 34 heavy (non-hydrogen) atoms. The summed E-state index contributed by atoms with van der Waals surface area (Å²) in [5, 5.41) is 4.08. The molecule has 0 fully saturated rings. The summed E-state index contributed by atoms with van der Waals surface area (Å²) in [5.41, 5.74) is 4.71. The van der Waals surface area contributed by atoms with E-state index in [0.29, 0.717) is 17.9 Å². The smallest absolute Gasteiger partial charge is 0.251 e. The third kappa shape index (κ3) is 3.65. The quantitative estimate of drug-likeness (QED) is 0.476. The van der Waals surface area contributed by atoms with Crippen LogP contribution < -0.4 is 24.4 Å². The highest BCUT2D eigenvalue weighted by Crippen LogP contribution is 2.36. The van der Waals surface area contributed by atoms with Gasteiger partial charge in [-0.05, 0) is 72.1 Å². The van der Waals surface area contributed by atoms with Crippen molar-refractivity contribution in [3.63, 3.8) is 0 Å². The van der Waals surface area contributed by atoms with Gasteiger partial charge in [-0.25, -0.2) is 4.98 Å². The van der Waals surface area contributed by atoms with E-state index in [4.69, 9.17) is 19.2 Å². The molecule has 0 unspecified atom stereocenters. The van der Waals surface area contributed by atoms with Crippen molar-refractivity contribution in [2.75, 3.05) is 25.3 Å². The van der Waals surface area contributed by atoms with Gasteiger partial charge in [-0.15, -0.1) is 0 Å². The number of benzene rings is 3. The molecular weight excluding hydrogens is 430 g/mol. The number of methoxy groups -OCH3 is 1. The predicted octanol–water partition coefficient (Wildman–Crippen LogP) is 4.60. The SMILES string of the molecule is COc1ccc2cc3c(nc2c1)N(c1ccc(C(=O)NCc2ccc4c(c2)OCO4)cc1)CC3. The molecule has 0 spiro atoms. The second kappa shape index (κ2) is 8.26. The summed E-state index contributed by atoms with van der Waals surface area (Å²) in [6, 6.07) is 21.5. The van der Waals surface area contributed by atoms with Crippen molar-refractivity contribution in [3.8, 4) is 17.2 Å². The zero-order valence-electron chi connectivity index (χ0n) is 18.7. The number of pyridine rings is 1. The van der Waals surface area contributed by atoms with Gasteiger partial charge in [0.2, 0.25) is 6.79 Å². The summed E-state index contributed by atoms with van der Waals surface area (Å²) in [4.78, 5) is 19.8. The Morgan fingerprint density at radius 3 is 2.74 bits per heavy atom. The number of anilines is 2. The van der Waals surface area contributed by atoms with Gasteiger partial charge in [0.1, 0.15) is 11.6 Å². The fraction of sp³-hybridized carbons (Fsp3) is 0.185. The fourth-order valence-corrected chi connectivity index (χ4v) is 4.44. The molecule has 7 nitrogen and oxygen atoms in total. The minimum atomic E-state index is -0.123. The molecule has 1 amide bonds. The van der Waals surface area contributed by atoms with Crippen molar-refractivity contribution in [1.29, 1.82) is 0 Å². The average molecular weight is 453 g/mol. The van der Waals surface area contributed by atoms with Crippen LogP contribution in [0.5, 0.6) is 17.2 Å². The van der Waals surface area contributed by atoms with Gasteiger partial charge in [-0.1, -0.05) is 6.07 Å². The maximum Gasteiger partial charge on any atom is 0.251 e. The van der Waals surface area contributed by atoms with Crippen LogP contribution in [0.3, 0.4) is 0 Å². The average Bonchev–Trinajstić information content (AvgIpc) is 3.52. The molecule has 0 aliphatic carbocycles. The largest absolute Gasteiger partial charge is 0.497 e. The first kappa shape index (κ1) is 20.4.